The minimum atomic E-state index is 0.0509. The third-order valence-electron chi connectivity index (χ3n) is 5.28. The van der Waals surface area contributed by atoms with Crippen molar-refractivity contribution in [2.75, 3.05) is 17.6 Å². The summed E-state index contributed by atoms with van der Waals surface area (Å²) in [6, 6.07) is 11.9. The maximum absolute atomic E-state index is 13.2. The van der Waals surface area contributed by atoms with Crippen LogP contribution in [-0.4, -0.2) is 32.3 Å². The summed E-state index contributed by atoms with van der Waals surface area (Å²) in [5.41, 5.74) is 8.25. The average molecular weight is 465 g/mol. The highest BCUT2D eigenvalue weighted by Gasteiger charge is 2.27. The molecule has 0 atom stereocenters. The number of thiophene rings is 2. The first-order valence-corrected chi connectivity index (χ1v) is 12.1. The quantitative estimate of drug-likeness (QED) is 0.395. The van der Waals surface area contributed by atoms with Gasteiger partial charge in [0.05, 0.1) is 21.5 Å². The van der Waals surface area contributed by atoms with E-state index in [-0.39, 0.29) is 5.91 Å². The van der Waals surface area contributed by atoms with E-state index in [2.05, 4.69) is 20.3 Å². The van der Waals surface area contributed by atoms with Crippen LogP contribution in [-0.2, 0) is 13.0 Å². The summed E-state index contributed by atoms with van der Waals surface area (Å²) >= 11 is 4.61. The predicted molar refractivity (Wildman–Crippen MR) is 127 cm³/mol. The molecule has 1 aliphatic rings. The second-order valence-corrected chi connectivity index (χ2v) is 10.4. The molecule has 0 bridgehead atoms. The summed E-state index contributed by atoms with van der Waals surface area (Å²) in [6.45, 7) is 1.24. The van der Waals surface area contributed by atoms with Gasteiger partial charge in [-0.25, -0.2) is 15.0 Å². The Kier molecular flexibility index (Phi) is 4.37. The zero-order valence-corrected chi connectivity index (χ0v) is 18.6. The minimum absolute atomic E-state index is 0.0509. The van der Waals surface area contributed by atoms with Crippen molar-refractivity contribution < 1.29 is 4.79 Å². The third kappa shape index (κ3) is 3.23. The SMILES string of the molecule is Nc1ncnc2sc3c(c12)CCN(C(=O)c1cc2sc(Nc4ccccc4)nc2s1)C3. The Morgan fingerprint density at radius 2 is 1.97 bits per heavy atom. The monoisotopic (exact) mass is 464 g/mol. The molecule has 0 radical (unpaired) electrons. The van der Waals surface area contributed by atoms with E-state index < -0.39 is 0 Å². The number of nitrogens with one attached hydrogen (secondary N) is 1. The highest BCUT2D eigenvalue weighted by atomic mass is 32.1. The van der Waals surface area contributed by atoms with Crippen molar-refractivity contribution in [2.45, 2.75) is 13.0 Å². The lowest BCUT2D eigenvalue weighted by atomic mass is 10.0. The van der Waals surface area contributed by atoms with Crippen LogP contribution in [0, 0.1) is 0 Å². The Morgan fingerprint density at radius 3 is 2.81 bits per heavy atom. The molecule has 5 aromatic rings. The third-order valence-corrected chi connectivity index (χ3v) is 8.47. The molecule has 7 nitrogen and oxygen atoms in total. The summed E-state index contributed by atoms with van der Waals surface area (Å²) in [4.78, 5) is 31.9. The number of aromatic nitrogens is 3. The second kappa shape index (κ2) is 7.26. The maximum atomic E-state index is 13.2. The van der Waals surface area contributed by atoms with E-state index in [0.29, 0.717) is 18.9 Å². The smallest absolute Gasteiger partial charge is 0.264 e. The fraction of sp³-hybridized carbons (Fsp3) is 0.143. The highest BCUT2D eigenvalue weighted by molar-refractivity contribution is 7.29. The number of carbonyl (C=O) groups is 1. The molecule has 154 valence electrons. The number of nitrogens with two attached hydrogens (primary N) is 1. The molecule has 0 spiro atoms. The molecular weight excluding hydrogens is 448 g/mol. The average Bonchev–Trinajstić information content (AvgIpc) is 3.45. The van der Waals surface area contributed by atoms with E-state index in [4.69, 9.17) is 5.73 Å². The number of hydrogen-bond acceptors (Lipinski definition) is 9. The van der Waals surface area contributed by atoms with Crippen molar-refractivity contribution in [2.24, 2.45) is 0 Å². The van der Waals surface area contributed by atoms with Crippen molar-refractivity contribution >= 4 is 76.3 Å². The fourth-order valence-corrected chi connectivity index (χ4v) is 7.14. The van der Waals surface area contributed by atoms with E-state index >= 15 is 0 Å². The number of nitrogen functional groups attached to an aromatic ring is 1. The molecule has 1 aliphatic heterocycles. The van der Waals surface area contributed by atoms with Gasteiger partial charge in [-0.05, 0) is 30.2 Å². The largest absolute Gasteiger partial charge is 0.383 e. The second-order valence-electron chi connectivity index (χ2n) is 7.21. The summed E-state index contributed by atoms with van der Waals surface area (Å²) in [6.07, 6.45) is 2.26. The lowest BCUT2D eigenvalue weighted by Crippen LogP contribution is -2.34. The van der Waals surface area contributed by atoms with E-state index in [1.807, 2.05) is 41.3 Å². The highest BCUT2D eigenvalue weighted by Crippen LogP contribution is 2.38. The lowest BCUT2D eigenvalue weighted by molar-refractivity contribution is 0.0742. The first kappa shape index (κ1) is 18.7. The number of anilines is 3. The van der Waals surface area contributed by atoms with Crippen molar-refractivity contribution in [3.8, 4) is 0 Å². The van der Waals surface area contributed by atoms with Gasteiger partial charge >= 0.3 is 0 Å². The van der Waals surface area contributed by atoms with Crippen molar-refractivity contribution in [3.05, 3.63) is 58.0 Å². The zero-order valence-electron chi connectivity index (χ0n) is 16.2. The molecule has 0 saturated heterocycles. The van der Waals surface area contributed by atoms with Crippen LogP contribution in [0.2, 0.25) is 0 Å². The first-order chi connectivity index (χ1) is 15.2. The van der Waals surface area contributed by atoms with Crippen LogP contribution in [0.25, 0.3) is 19.7 Å². The van der Waals surface area contributed by atoms with E-state index in [1.165, 1.54) is 23.2 Å². The van der Waals surface area contributed by atoms with Crippen LogP contribution >= 0.6 is 34.0 Å². The maximum Gasteiger partial charge on any atom is 0.264 e. The first-order valence-electron chi connectivity index (χ1n) is 9.68. The van der Waals surface area contributed by atoms with Crippen LogP contribution in [0.5, 0.6) is 0 Å². The molecule has 10 heteroatoms. The Balaban J connectivity index is 1.24. The number of para-hydroxylation sites is 1. The van der Waals surface area contributed by atoms with Gasteiger partial charge in [-0.2, -0.15) is 0 Å². The van der Waals surface area contributed by atoms with Gasteiger partial charge in [0.1, 0.15) is 21.8 Å². The van der Waals surface area contributed by atoms with Gasteiger partial charge in [0.2, 0.25) is 0 Å². The van der Waals surface area contributed by atoms with Crippen LogP contribution in [0.3, 0.4) is 0 Å². The van der Waals surface area contributed by atoms with Gasteiger partial charge in [-0.1, -0.05) is 29.5 Å². The molecule has 1 aromatic carbocycles. The normalized spacial score (nSPS) is 13.6. The van der Waals surface area contributed by atoms with Gasteiger partial charge in [0.25, 0.3) is 5.91 Å². The molecule has 0 saturated carbocycles. The van der Waals surface area contributed by atoms with Crippen LogP contribution in [0.1, 0.15) is 20.1 Å². The number of fused-ring (bicyclic) bond motifs is 4. The van der Waals surface area contributed by atoms with Gasteiger partial charge < -0.3 is 16.0 Å². The number of benzene rings is 1. The van der Waals surface area contributed by atoms with E-state index in [9.17, 15) is 4.79 Å². The van der Waals surface area contributed by atoms with Gasteiger partial charge in [-0.3, -0.25) is 4.79 Å². The number of hydrogen-bond donors (Lipinski definition) is 2. The molecule has 5 heterocycles. The van der Waals surface area contributed by atoms with Gasteiger partial charge in [0.15, 0.2) is 5.13 Å². The zero-order chi connectivity index (χ0) is 20.9. The number of amides is 1. The van der Waals surface area contributed by atoms with Crippen molar-refractivity contribution in [1.29, 1.82) is 0 Å². The summed E-state index contributed by atoms with van der Waals surface area (Å²) in [5, 5.41) is 5.10. The predicted octanol–water partition coefficient (Wildman–Crippen LogP) is 4.89. The Labute approximate surface area is 189 Å². The van der Waals surface area contributed by atoms with Crippen molar-refractivity contribution in [3.63, 3.8) is 0 Å². The molecule has 1 amide bonds. The molecule has 6 rings (SSSR count). The molecule has 3 N–H and O–H groups in total. The molecule has 0 aliphatic carbocycles. The van der Waals surface area contributed by atoms with E-state index in [0.717, 1.165) is 46.7 Å². The molecule has 0 fully saturated rings. The number of thiazole rings is 1. The number of carbonyl (C=O) groups excluding carboxylic acids is 1. The molecule has 0 unspecified atom stereocenters. The molecular formula is C21H16N6OS3. The summed E-state index contributed by atoms with van der Waals surface area (Å²) < 4.78 is 1.02. The van der Waals surface area contributed by atoms with Gasteiger partial charge in [0, 0.05) is 17.1 Å². The summed E-state index contributed by atoms with van der Waals surface area (Å²) in [5.74, 6) is 0.571. The Hall–Kier alpha value is -3.08. The topological polar surface area (TPSA) is 97.0 Å². The van der Waals surface area contributed by atoms with Crippen LogP contribution < -0.4 is 11.1 Å². The minimum Gasteiger partial charge on any atom is -0.383 e. The van der Waals surface area contributed by atoms with Gasteiger partial charge in [-0.15, -0.1) is 22.7 Å². The lowest BCUT2D eigenvalue weighted by Gasteiger charge is -2.26. The van der Waals surface area contributed by atoms with Crippen LogP contribution in [0.4, 0.5) is 16.6 Å². The summed E-state index contributed by atoms with van der Waals surface area (Å²) in [7, 11) is 0. The number of nitrogens with zero attached hydrogens (tertiary/aromatic N) is 4. The Bertz CT molecular complexity index is 1410. The molecule has 4 aromatic heterocycles. The van der Waals surface area contributed by atoms with Crippen molar-refractivity contribution in [1.82, 2.24) is 19.9 Å². The fourth-order valence-electron chi connectivity index (χ4n) is 3.82. The number of rotatable bonds is 3. The van der Waals surface area contributed by atoms with Crippen LogP contribution in [0.15, 0.2) is 42.7 Å². The standard InChI is InChI=1S/C21H16N6OS3/c22-17-16-12-6-7-27(9-15(12)30-19(16)24-10-23-17)20(28)14-8-13-18(29-14)26-21(31-13)25-11-4-2-1-3-5-11/h1-5,8,10H,6-7,9H2,(H,25,26)(H2,22,23,24). The molecule has 31 heavy (non-hydrogen) atoms. The van der Waals surface area contributed by atoms with E-state index in [1.54, 1.807) is 22.7 Å². The Morgan fingerprint density at radius 1 is 1.10 bits per heavy atom.